The lowest BCUT2D eigenvalue weighted by Gasteiger charge is -2.15. The molecule has 0 radical (unpaired) electrons. The number of hydrogen-bond acceptors (Lipinski definition) is 4. The van der Waals surface area contributed by atoms with E-state index in [-0.39, 0.29) is 0 Å². The minimum absolute atomic E-state index is 0.898. The number of aliphatic hydroxyl groups excluding tert-OH is 1. The monoisotopic (exact) mass is 313 g/mol. The Labute approximate surface area is 114 Å². The van der Waals surface area contributed by atoms with Crippen LogP contribution in [0.5, 0.6) is 0 Å². The first-order chi connectivity index (χ1) is 9.76. The summed E-state index contributed by atoms with van der Waals surface area (Å²) in [4.78, 5) is 22.6. The third-order valence-electron chi connectivity index (χ3n) is 2.41. The Bertz CT molecular complexity index is 563. The average Bonchev–Trinajstić information content (AvgIpc) is 2.47. The van der Waals surface area contributed by atoms with Crippen molar-refractivity contribution >= 4 is 11.9 Å². The molecule has 0 fully saturated rings. The highest BCUT2D eigenvalue weighted by atomic mass is 19.2. The van der Waals surface area contributed by atoms with E-state index in [4.69, 9.17) is 5.11 Å². The molecule has 0 aliphatic heterocycles. The molecule has 0 spiro atoms. The van der Waals surface area contributed by atoms with Crippen LogP contribution in [0.3, 0.4) is 0 Å². The molecule has 0 saturated heterocycles. The van der Waals surface area contributed by atoms with Gasteiger partial charge in [-0.05, 0) is 0 Å². The Morgan fingerprint density at radius 1 is 1.05 bits per heavy atom. The molecule has 1 rings (SSSR count). The van der Waals surface area contributed by atoms with Crippen LogP contribution in [0.15, 0.2) is 0 Å². The van der Waals surface area contributed by atoms with Crippen molar-refractivity contribution in [1.82, 2.24) is 5.32 Å². The molecule has 10 heteroatoms. The topological polar surface area (TPSA) is 75.6 Å². The number of amides is 1. The summed E-state index contributed by atoms with van der Waals surface area (Å²) >= 11 is 0. The molecule has 0 bridgehead atoms. The number of benzene rings is 1. The van der Waals surface area contributed by atoms with Gasteiger partial charge in [0.15, 0.2) is 29.3 Å². The fraction of sp³-hybridized carbons (Fsp3) is 0.273. The van der Waals surface area contributed by atoms with Crippen LogP contribution in [0, 0.1) is 29.1 Å². The van der Waals surface area contributed by atoms with E-state index in [1.165, 1.54) is 0 Å². The van der Waals surface area contributed by atoms with Gasteiger partial charge in [0.25, 0.3) is 5.91 Å². The van der Waals surface area contributed by atoms with Crippen LogP contribution in [-0.2, 0) is 9.53 Å². The highest BCUT2D eigenvalue weighted by Gasteiger charge is 2.31. The molecule has 1 atom stereocenters. The van der Waals surface area contributed by atoms with Crippen LogP contribution in [0.4, 0.5) is 22.0 Å². The van der Waals surface area contributed by atoms with Crippen LogP contribution in [-0.4, -0.2) is 36.7 Å². The number of carbonyl (C=O) groups excluding carboxylic acids is 2. The Balaban J connectivity index is 3.23. The number of hydrogen-bond donors (Lipinski definition) is 2. The predicted octanol–water partition coefficient (Wildman–Crippen LogP) is 0.646. The van der Waals surface area contributed by atoms with Crippen molar-refractivity contribution in [2.24, 2.45) is 0 Å². The van der Waals surface area contributed by atoms with E-state index >= 15 is 0 Å². The van der Waals surface area contributed by atoms with Crippen molar-refractivity contribution in [2.45, 2.75) is 6.04 Å². The second kappa shape index (κ2) is 6.48. The minimum Gasteiger partial charge on any atom is -0.467 e. The third-order valence-corrected chi connectivity index (χ3v) is 2.41. The maximum absolute atomic E-state index is 13.3. The summed E-state index contributed by atoms with van der Waals surface area (Å²) in [5, 5.41) is 10.4. The standard InChI is InChI=1S/C11H8F5NO4/c1-21-11(20)3(2-18)17-10(19)4-5(12)7(14)9(16)8(15)6(4)13/h3,18H,2H2,1H3,(H,17,19). The molecule has 1 aromatic rings. The lowest BCUT2D eigenvalue weighted by Crippen LogP contribution is -2.44. The number of ether oxygens (including phenoxy) is 1. The molecule has 1 amide bonds. The lowest BCUT2D eigenvalue weighted by atomic mass is 10.1. The number of esters is 1. The number of halogens is 5. The van der Waals surface area contributed by atoms with E-state index < -0.39 is 59.2 Å². The Kier molecular flexibility index (Phi) is 5.19. The highest BCUT2D eigenvalue weighted by molar-refractivity contribution is 5.97. The van der Waals surface area contributed by atoms with Gasteiger partial charge < -0.3 is 15.2 Å². The van der Waals surface area contributed by atoms with E-state index in [1.807, 2.05) is 0 Å². The molecular formula is C11H8F5NO4. The molecule has 21 heavy (non-hydrogen) atoms. The summed E-state index contributed by atoms with van der Waals surface area (Å²) in [6, 6.07) is -1.72. The van der Waals surface area contributed by atoms with E-state index in [2.05, 4.69) is 4.74 Å². The van der Waals surface area contributed by atoms with Gasteiger partial charge in [0.05, 0.1) is 13.7 Å². The van der Waals surface area contributed by atoms with Crippen molar-refractivity contribution in [2.75, 3.05) is 13.7 Å². The number of carbonyl (C=O) groups is 2. The summed E-state index contributed by atoms with van der Waals surface area (Å²) in [5.74, 6) is -14.7. The first-order valence-corrected chi connectivity index (χ1v) is 5.27. The first kappa shape index (κ1) is 16.8. The van der Waals surface area contributed by atoms with Crippen molar-refractivity contribution in [3.8, 4) is 0 Å². The van der Waals surface area contributed by atoms with Crippen LogP contribution in [0.1, 0.15) is 10.4 Å². The van der Waals surface area contributed by atoms with E-state index in [9.17, 15) is 31.5 Å². The van der Waals surface area contributed by atoms with Crippen molar-refractivity contribution in [3.63, 3.8) is 0 Å². The molecule has 2 N–H and O–H groups in total. The molecule has 116 valence electrons. The van der Waals surface area contributed by atoms with Gasteiger partial charge in [0.2, 0.25) is 5.82 Å². The Morgan fingerprint density at radius 2 is 1.48 bits per heavy atom. The van der Waals surface area contributed by atoms with Gasteiger partial charge in [-0.25, -0.2) is 26.7 Å². The molecule has 0 aliphatic rings. The largest absolute Gasteiger partial charge is 0.467 e. The fourth-order valence-electron chi connectivity index (χ4n) is 1.36. The Hall–Kier alpha value is -2.23. The molecule has 0 aromatic heterocycles. The highest BCUT2D eigenvalue weighted by Crippen LogP contribution is 2.22. The zero-order valence-electron chi connectivity index (χ0n) is 10.3. The number of methoxy groups -OCH3 is 1. The van der Waals surface area contributed by atoms with E-state index in [1.54, 1.807) is 5.32 Å². The van der Waals surface area contributed by atoms with Gasteiger partial charge in [-0.15, -0.1) is 0 Å². The summed E-state index contributed by atoms with van der Waals surface area (Å²) in [6.07, 6.45) is 0. The average molecular weight is 313 g/mol. The summed E-state index contributed by atoms with van der Waals surface area (Å²) in [5.41, 5.74) is -1.77. The molecule has 0 heterocycles. The van der Waals surface area contributed by atoms with Crippen LogP contribution < -0.4 is 5.32 Å². The molecule has 1 unspecified atom stereocenters. The summed E-state index contributed by atoms with van der Waals surface area (Å²) < 4.78 is 69.5. The molecule has 0 saturated carbocycles. The van der Waals surface area contributed by atoms with Crippen LogP contribution in [0.25, 0.3) is 0 Å². The fourth-order valence-corrected chi connectivity index (χ4v) is 1.36. The van der Waals surface area contributed by atoms with Crippen molar-refractivity contribution in [1.29, 1.82) is 0 Å². The molecular weight excluding hydrogens is 305 g/mol. The van der Waals surface area contributed by atoms with Crippen LogP contribution in [0.2, 0.25) is 0 Å². The summed E-state index contributed by atoms with van der Waals surface area (Å²) in [6.45, 7) is -1.01. The van der Waals surface area contributed by atoms with Gasteiger partial charge in [-0.3, -0.25) is 4.79 Å². The smallest absolute Gasteiger partial charge is 0.330 e. The Morgan fingerprint density at radius 3 is 1.86 bits per heavy atom. The summed E-state index contributed by atoms with van der Waals surface area (Å²) in [7, 11) is 0.898. The van der Waals surface area contributed by atoms with Crippen LogP contribution >= 0.6 is 0 Å². The minimum atomic E-state index is -2.42. The van der Waals surface area contributed by atoms with Gasteiger partial charge in [-0.2, -0.15) is 0 Å². The SMILES string of the molecule is COC(=O)C(CO)NC(=O)c1c(F)c(F)c(F)c(F)c1F. The van der Waals surface area contributed by atoms with E-state index in [0.29, 0.717) is 0 Å². The molecule has 0 aliphatic carbocycles. The molecule has 1 aromatic carbocycles. The lowest BCUT2D eigenvalue weighted by molar-refractivity contribution is -0.143. The quantitative estimate of drug-likeness (QED) is 0.370. The zero-order chi connectivity index (χ0) is 16.3. The number of nitrogens with one attached hydrogen (secondary N) is 1. The van der Waals surface area contributed by atoms with Gasteiger partial charge in [-0.1, -0.05) is 0 Å². The first-order valence-electron chi connectivity index (χ1n) is 5.27. The number of aliphatic hydroxyl groups is 1. The number of rotatable bonds is 4. The maximum atomic E-state index is 13.3. The normalized spacial score (nSPS) is 12.0. The predicted molar refractivity (Wildman–Crippen MR) is 56.6 cm³/mol. The van der Waals surface area contributed by atoms with Gasteiger partial charge in [0, 0.05) is 0 Å². The second-order valence-electron chi connectivity index (χ2n) is 3.68. The molecule has 5 nitrogen and oxygen atoms in total. The maximum Gasteiger partial charge on any atom is 0.330 e. The van der Waals surface area contributed by atoms with E-state index in [0.717, 1.165) is 7.11 Å². The van der Waals surface area contributed by atoms with Gasteiger partial charge in [0.1, 0.15) is 5.56 Å². The van der Waals surface area contributed by atoms with Crippen molar-refractivity contribution < 1.29 is 41.4 Å². The third kappa shape index (κ3) is 3.10. The van der Waals surface area contributed by atoms with Crippen molar-refractivity contribution in [3.05, 3.63) is 34.6 Å². The zero-order valence-corrected chi connectivity index (χ0v) is 10.3. The van der Waals surface area contributed by atoms with Gasteiger partial charge >= 0.3 is 5.97 Å². The second-order valence-corrected chi connectivity index (χ2v) is 3.68.